The van der Waals surface area contributed by atoms with Crippen molar-refractivity contribution in [3.05, 3.63) is 0 Å². The summed E-state index contributed by atoms with van der Waals surface area (Å²) in [5.74, 6) is 0.504. The summed E-state index contributed by atoms with van der Waals surface area (Å²) in [6, 6.07) is 1.86. The molecule has 0 aliphatic carbocycles. The van der Waals surface area contributed by atoms with Gasteiger partial charge < -0.3 is 5.11 Å². The zero-order chi connectivity index (χ0) is 8.04. The zero-order valence-electron chi connectivity index (χ0n) is 6.10. The third kappa shape index (κ3) is 3.05. The molecule has 0 aromatic heterocycles. The minimum Gasteiger partial charge on any atom is -0.375 e. The number of hydrogen-bond acceptors (Lipinski definition) is 2. The number of nitrogens with zero attached hydrogens (tertiary/aromatic N) is 1. The van der Waals surface area contributed by atoms with Crippen molar-refractivity contribution in [2.24, 2.45) is 0 Å². The molecule has 3 heteroatoms. The molecular formula is C7H12ClNO. The SMILES string of the molecule is CCC(O)(C#N)CCCCl. The van der Waals surface area contributed by atoms with Crippen molar-refractivity contribution in [1.82, 2.24) is 0 Å². The van der Waals surface area contributed by atoms with Gasteiger partial charge in [0.2, 0.25) is 0 Å². The molecule has 0 aliphatic rings. The van der Waals surface area contributed by atoms with Gasteiger partial charge >= 0.3 is 0 Å². The van der Waals surface area contributed by atoms with Crippen molar-refractivity contribution in [3.8, 4) is 6.07 Å². The van der Waals surface area contributed by atoms with Crippen LogP contribution in [0.25, 0.3) is 0 Å². The summed E-state index contributed by atoms with van der Waals surface area (Å²) in [6.07, 6.45) is 1.64. The van der Waals surface area contributed by atoms with Crippen molar-refractivity contribution in [2.45, 2.75) is 31.8 Å². The highest BCUT2D eigenvalue weighted by atomic mass is 35.5. The summed E-state index contributed by atoms with van der Waals surface area (Å²) in [7, 11) is 0. The van der Waals surface area contributed by atoms with Crippen LogP contribution in [0, 0.1) is 11.3 Å². The monoisotopic (exact) mass is 161 g/mol. The standard InChI is InChI=1S/C7H12ClNO/c1-2-7(10,6-9)4-3-5-8/h10H,2-5H2,1H3. The van der Waals surface area contributed by atoms with E-state index in [-0.39, 0.29) is 0 Å². The highest BCUT2D eigenvalue weighted by molar-refractivity contribution is 6.17. The Hall–Kier alpha value is -0.260. The quantitative estimate of drug-likeness (QED) is 0.504. The molecule has 1 N–H and O–H groups in total. The molecule has 1 atom stereocenters. The molecule has 0 aromatic carbocycles. The van der Waals surface area contributed by atoms with Crippen LogP contribution in [-0.4, -0.2) is 16.6 Å². The summed E-state index contributed by atoms with van der Waals surface area (Å²) < 4.78 is 0. The van der Waals surface area contributed by atoms with E-state index in [4.69, 9.17) is 16.9 Å². The number of nitriles is 1. The Kier molecular flexibility index (Phi) is 4.42. The molecule has 0 aliphatic heterocycles. The second-order valence-corrected chi connectivity index (χ2v) is 2.67. The van der Waals surface area contributed by atoms with Crippen LogP contribution in [0.5, 0.6) is 0 Å². The molecular weight excluding hydrogens is 150 g/mol. The maximum atomic E-state index is 9.34. The fourth-order valence-electron chi connectivity index (χ4n) is 0.671. The van der Waals surface area contributed by atoms with E-state index in [0.29, 0.717) is 25.1 Å². The van der Waals surface area contributed by atoms with Crippen LogP contribution in [0.4, 0.5) is 0 Å². The predicted octanol–water partition coefficient (Wildman–Crippen LogP) is 1.67. The van der Waals surface area contributed by atoms with Crippen LogP contribution in [-0.2, 0) is 0 Å². The lowest BCUT2D eigenvalue weighted by molar-refractivity contribution is 0.0848. The molecule has 0 aromatic rings. The molecule has 2 nitrogen and oxygen atoms in total. The molecule has 0 fully saturated rings. The van der Waals surface area contributed by atoms with E-state index in [1.54, 1.807) is 6.92 Å². The maximum Gasteiger partial charge on any atom is 0.150 e. The minimum absolute atomic E-state index is 0.473. The first-order valence-electron chi connectivity index (χ1n) is 3.38. The molecule has 0 spiro atoms. The maximum absolute atomic E-state index is 9.34. The van der Waals surface area contributed by atoms with Gasteiger partial charge in [-0.3, -0.25) is 0 Å². The van der Waals surface area contributed by atoms with Crippen LogP contribution in [0.1, 0.15) is 26.2 Å². The number of rotatable bonds is 4. The van der Waals surface area contributed by atoms with Crippen molar-refractivity contribution >= 4 is 11.6 Å². The highest BCUT2D eigenvalue weighted by Crippen LogP contribution is 2.15. The van der Waals surface area contributed by atoms with Crippen LogP contribution < -0.4 is 0 Å². The summed E-state index contributed by atoms with van der Waals surface area (Å²) >= 11 is 5.40. The third-order valence-corrected chi connectivity index (χ3v) is 1.78. The van der Waals surface area contributed by atoms with Crippen molar-refractivity contribution < 1.29 is 5.11 Å². The average Bonchev–Trinajstić information content (AvgIpc) is 2.00. The second kappa shape index (κ2) is 4.54. The van der Waals surface area contributed by atoms with Crippen molar-refractivity contribution in [1.29, 1.82) is 5.26 Å². The van der Waals surface area contributed by atoms with Gasteiger partial charge in [-0.15, -0.1) is 11.6 Å². The van der Waals surface area contributed by atoms with E-state index in [1.807, 2.05) is 6.07 Å². The molecule has 0 saturated carbocycles. The molecule has 0 amide bonds. The van der Waals surface area contributed by atoms with Crippen molar-refractivity contribution in [2.75, 3.05) is 5.88 Å². The Morgan fingerprint density at radius 1 is 1.70 bits per heavy atom. The third-order valence-electron chi connectivity index (χ3n) is 1.52. The lowest BCUT2D eigenvalue weighted by Crippen LogP contribution is -2.24. The summed E-state index contributed by atoms with van der Waals surface area (Å²) in [6.45, 7) is 1.79. The molecule has 0 heterocycles. The number of aliphatic hydroxyl groups is 1. The van der Waals surface area contributed by atoms with Crippen LogP contribution >= 0.6 is 11.6 Å². The smallest absolute Gasteiger partial charge is 0.150 e. The largest absolute Gasteiger partial charge is 0.375 e. The van der Waals surface area contributed by atoms with Crippen LogP contribution in [0.3, 0.4) is 0 Å². The number of alkyl halides is 1. The van der Waals surface area contributed by atoms with Gasteiger partial charge in [0.25, 0.3) is 0 Å². The fourth-order valence-corrected chi connectivity index (χ4v) is 0.805. The summed E-state index contributed by atoms with van der Waals surface area (Å²) in [5, 5.41) is 17.8. The Morgan fingerprint density at radius 3 is 2.60 bits per heavy atom. The Labute approximate surface area is 66.4 Å². The Balaban J connectivity index is 3.72. The van der Waals surface area contributed by atoms with Gasteiger partial charge in [-0.1, -0.05) is 6.92 Å². The zero-order valence-corrected chi connectivity index (χ0v) is 6.86. The first kappa shape index (κ1) is 9.74. The van der Waals surface area contributed by atoms with Gasteiger partial charge in [-0.2, -0.15) is 5.26 Å². The van der Waals surface area contributed by atoms with E-state index in [0.717, 1.165) is 0 Å². The van der Waals surface area contributed by atoms with E-state index in [1.165, 1.54) is 0 Å². The van der Waals surface area contributed by atoms with Crippen LogP contribution in [0.15, 0.2) is 0 Å². The number of halogens is 1. The van der Waals surface area contributed by atoms with E-state index in [9.17, 15) is 5.11 Å². The lowest BCUT2D eigenvalue weighted by atomic mass is 9.97. The number of hydrogen-bond donors (Lipinski definition) is 1. The molecule has 10 heavy (non-hydrogen) atoms. The molecule has 0 rings (SSSR count). The van der Waals surface area contributed by atoms with E-state index in [2.05, 4.69) is 0 Å². The Bertz CT molecular complexity index is 132. The topological polar surface area (TPSA) is 44.0 Å². The van der Waals surface area contributed by atoms with Gasteiger partial charge in [-0.05, 0) is 19.3 Å². The first-order chi connectivity index (χ1) is 4.68. The normalized spacial score (nSPS) is 15.8. The lowest BCUT2D eigenvalue weighted by Gasteiger charge is -2.16. The minimum atomic E-state index is -1.14. The summed E-state index contributed by atoms with van der Waals surface area (Å²) in [5.41, 5.74) is -1.14. The fraction of sp³-hybridized carbons (Fsp3) is 0.857. The van der Waals surface area contributed by atoms with E-state index >= 15 is 0 Å². The first-order valence-corrected chi connectivity index (χ1v) is 3.91. The van der Waals surface area contributed by atoms with Gasteiger partial charge in [0.1, 0.15) is 0 Å². The van der Waals surface area contributed by atoms with Gasteiger partial charge in [0.15, 0.2) is 5.60 Å². The molecule has 1 unspecified atom stereocenters. The summed E-state index contributed by atoms with van der Waals surface area (Å²) in [4.78, 5) is 0. The average molecular weight is 162 g/mol. The Morgan fingerprint density at radius 2 is 2.30 bits per heavy atom. The van der Waals surface area contributed by atoms with Crippen LogP contribution in [0.2, 0.25) is 0 Å². The molecule has 0 radical (unpaired) electrons. The molecule has 58 valence electrons. The van der Waals surface area contributed by atoms with Gasteiger partial charge in [-0.25, -0.2) is 0 Å². The van der Waals surface area contributed by atoms with Gasteiger partial charge in [0, 0.05) is 5.88 Å². The molecule has 0 bridgehead atoms. The van der Waals surface area contributed by atoms with Crippen molar-refractivity contribution in [3.63, 3.8) is 0 Å². The second-order valence-electron chi connectivity index (χ2n) is 2.29. The predicted molar refractivity (Wildman–Crippen MR) is 40.8 cm³/mol. The highest BCUT2D eigenvalue weighted by Gasteiger charge is 2.22. The van der Waals surface area contributed by atoms with Gasteiger partial charge in [0.05, 0.1) is 6.07 Å². The molecule has 0 saturated heterocycles. The van der Waals surface area contributed by atoms with E-state index < -0.39 is 5.60 Å².